The molecule has 5 rings (SSSR count). The summed E-state index contributed by atoms with van der Waals surface area (Å²) in [5.74, 6) is 1.89. The summed E-state index contributed by atoms with van der Waals surface area (Å²) in [6.45, 7) is 3.03. The molecule has 3 aliphatic heterocycles. The molecule has 0 aliphatic carbocycles. The van der Waals surface area contributed by atoms with E-state index in [2.05, 4.69) is 4.90 Å². The maximum Gasteiger partial charge on any atom is 0.328 e. The second kappa shape index (κ2) is 9.56. The number of ether oxygens (including phenoxy) is 2. The van der Waals surface area contributed by atoms with Crippen molar-refractivity contribution in [2.75, 3.05) is 34.4 Å². The lowest BCUT2D eigenvalue weighted by Gasteiger charge is -2.40. The summed E-state index contributed by atoms with van der Waals surface area (Å²) in [7, 11) is 4.96. The molecule has 2 aromatic rings. The molecule has 1 fully saturated rings. The van der Waals surface area contributed by atoms with E-state index in [-0.39, 0.29) is 11.9 Å². The van der Waals surface area contributed by atoms with E-state index in [4.69, 9.17) is 14.5 Å². The van der Waals surface area contributed by atoms with Crippen LogP contribution >= 0.6 is 0 Å². The number of imide groups is 1. The van der Waals surface area contributed by atoms with Crippen molar-refractivity contribution in [2.45, 2.75) is 32.0 Å². The predicted molar refractivity (Wildman–Crippen MR) is 136 cm³/mol. The van der Waals surface area contributed by atoms with Gasteiger partial charge in [0.05, 0.1) is 14.2 Å². The van der Waals surface area contributed by atoms with Crippen LogP contribution in [-0.2, 0) is 17.6 Å². The Kier molecular flexibility index (Phi) is 6.30. The summed E-state index contributed by atoms with van der Waals surface area (Å²) < 4.78 is 10.8. The average Bonchev–Trinajstić information content (AvgIpc) is 3.41. The molecular weight excluding hydrogens is 458 g/mol. The first kappa shape index (κ1) is 23.7. The lowest BCUT2D eigenvalue weighted by atomic mass is 10.1. The van der Waals surface area contributed by atoms with E-state index in [9.17, 15) is 9.59 Å². The van der Waals surface area contributed by atoms with Crippen LogP contribution in [0.5, 0.6) is 11.5 Å². The number of rotatable bonds is 8. The van der Waals surface area contributed by atoms with Gasteiger partial charge >= 0.3 is 6.03 Å². The van der Waals surface area contributed by atoms with E-state index in [1.54, 1.807) is 26.2 Å². The molecule has 9 nitrogen and oxygen atoms in total. The topological polar surface area (TPSA) is 77.9 Å². The summed E-state index contributed by atoms with van der Waals surface area (Å²) >= 11 is 0. The third-order valence-electron chi connectivity index (χ3n) is 7.04. The minimum absolute atomic E-state index is 0.205. The fourth-order valence-corrected chi connectivity index (χ4v) is 5.05. The quantitative estimate of drug-likeness (QED) is 0.568. The number of hydrogen-bond donors (Lipinski definition) is 0. The molecule has 3 amide bonds. The second-order valence-corrected chi connectivity index (χ2v) is 9.18. The number of likely N-dealkylation sites (N-methyl/N-ethyl adjacent to an activating group) is 1. The molecule has 9 heteroatoms. The molecule has 0 bridgehead atoms. The standard InChI is InChI=1S/C27H31N5O4/c1-18-17-32-23-24(29(2)27(34)31(25(23)33)15-12-19-8-6-5-7-9-19)28-26(32)30(18)14-13-20-10-11-21(35-3)22(16-20)36-4/h5-11,16-17,23-24H,12-15H2,1-4H3. The number of carbonyl (C=O) groups is 2. The third kappa shape index (κ3) is 4.04. The molecule has 36 heavy (non-hydrogen) atoms. The van der Waals surface area contributed by atoms with Crippen LogP contribution in [0.4, 0.5) is 4.79 Å². The van der Waals surface area contributed by atoms with E-state index in [0.29, 0.717) is 37.0 Å². The zero-order valence-electron chi connectivity index (χ0n) is 21.0. The second-order valence-electron chi connectivity index (χ2n) is 9.18. The van der Waals surface area contributed by atoms with E-state index in [1.165, 1.54) is 4.90 Å². The summed E-state index contributed by atoms with van der Waals surface area (Å²) in [5, 5.41) is 0. The number of benzene rings is 2. The highest BCUT2D eigenvalue weighted by Crippen LogP contribution is 2.34. The number of amides is 3. The van der Waals surface area contributed by atoms with Crippen LogP contribution in [0.25, 0.3) is 0 Å². The maximum atomic E-state index is 13.5. The highest BCUT2D eigenvalue weighted by molar-refractivity contribution is 6.04. The van der Waals surface area contributed by atoms with Gasteiger partial charge in [0, 0.05) is 32.0 Å². The molecule has 188 valence electrons. The predicted octanol–water partition coefficient (Wildman–Crippen LogP) is 2.93. The van der Waals surface area contributed by atoms with Crippen molar-refractivity contribution >= 4 is 17.9 Å². The first-order valence-electron chi connectivity index (χ1n) is 12.1. The first-order chi connectivity index (χ1) is 17.4. The van der Waals surface area contributed by atoms with Gasteiger partial charge in [0.2, 0.25) is 5.96 Å². The SMILES string of the molecule is COc1ccc(CCN2C(C)=CN3C2=NC2C3C(=O)N(CCc3ccccc3)C(=O)N2C)cc1OC. The summed E-state index contributed by atoms with van der Waals surface area (Å²) in [4.78, 5) is 38.4. The minimum Gasteiger partial charge on any atom is -0.493 e. The Balaban J connectivity index is 1.31. The van der Waals surface area contributed by atoms with Crippen molar-refractivity contribution in [1.82, 2.24) is 19.6 Å². The van der Waals surface area contributed by atoms with Gasteiger partial charge in [-0.15, -0.1) is 0 Å². The summed E-state index contributed by atoms with van der Waals surface area (Å²) in [6.07, 6.45) is 2.79. The Bertz CT molecular complexity index is 1230. The van der Waals surface area contributed by atoms with Gasteiger partial charge in [-0.1, -0.05) is 36.4 Å². The fraction of sp³-hybridized carbons (Fsp3) is 0.370. The highest BCUT2D eigenvalue weighted by Gasteiger charge is 2.54. The zero-order chi connectivity index (χ0) is 25.4. The Hall–Kier alpha value is -4.01. The largest absolute Gasteiger partial charge is 0.493 e. The van der Waals surface area contributed by atoms with Crippen LogP contribution in [-0.4, -0.2) is 84.1 Å². The van der Waals surface area contributed by atoms with E-state index in [0.717, 1.165) is 23.2 Å². The maximum absolute atomic E-state index is 13.5. The van der Waals surface area contributed by atoms with E-state index >= 15 is 0 Å². The number of hydrogen-bond acceptors (Lipinski definition) is 7. The smallest absolute Gasteiger partial charge is 0.328 e. The molecule has 2 atom stereocenters. The Morgan fingerprint density at radius 2 is 1.58 bits per heavy atom. The Morgan fingerprint density at radius 1 is 0.889 bits per heavy atom. The third-order valence-corrected chi connectivity index (χ3v) is 7.04. The van der Waals surface area contributed by atoms with Crippen LogP contribution in [0, 0.1) is 0 Å². The van der Waals surface area contributed by atoms with Gasteiger partial charge in [-0.05, 0) is 43.0 Å². The van der Waals surface area contributed by atoms with Gasteiger partial charge < -0.3 is 24.2 Å². The number of carbonyl (C=O) groups excluding carboxylic acids is 2. The average molecular weight is 490 g/mol. The Morgan fingerprint density at radius 3 is 2.31 bits per heavy atom. The molecule has 2 aromatic carbocycles. The number of nitrogens with zero attached hydrogens (tertiary/aromatic N) is 5. The van der Waals surface area contributed by atoms with Crippen molar-refractivity contribution in [3.63, 3.8) is 0 Å². The molecule has 0 saturated carbocycles. The number of fused-ring (bicyclic) bond motifs is 3. The van der Waals surface area contributed by atoms with Gasteiger partial charge in [0.1, 0.15) is 0 Å². The van der Waals surface area contributed by atoms with Crippen LogP contribution in [0.15, 0.2) is 65.4 Å². The molecular formula is C27H31N5O4. The van der Waals surface area contributed by atoms with Crippen molar-refractivity contribution in [2.24, 2.45) is 4.99 Å². The minimum atomic E-state index is -0.556. The highest BCUT2D eigenvalue weighted by atomic mass is 16.5. The van der Waals surface area contributed by atoms with Crippen molar-refractivity contribution in [1.29, 1.82) is 0 Å². The molecule has 0 spiro atoms. The summed E-state index contributed by atoms with van der Waals surface area (Å²) in [6, 6.07) is 14.9. The Labute approximate surface area is 211 Å². The van der Waals surface area contributed by atoms with Crippen LogP contribution in [0.3, 0.4) is 0 Å². The molecule has 1 saturated heterocycles. The van der Waals surface area contributed by atoms with Gasteiger partial charge in [-0.25, -0.2) is 9.79 Å². The molecule has 0 radical (unpaired) electrons. The number of allylic oxidation sites excluding steroid dienone is 1. The lowest BCUT2D eigenvalue weighted by molar-refractivity contribution is -0.136. The normalized spacial score (nSPS) is 20.9. The van der Waals surface area contributed by atoms with Crippen molar-refractivity contribution in [3.8, 4) is 11.5 Å². The molecule has 3 aliphatic rings. The number of aliphatic imine (C=N–C) groups is 1. The zero-order valence-corrected chi connectivity index (χ0v) is 21.0. The molecule has 0 aromatic heterocycles. The summed E-state index contributed by atoms with van der Waals surface area (Å²) in [5.41, 5.74) is 3.20. The first-order valence-corrected chi connectivity index (χ1v) is 12.1. The lowest BCUT2D eigenvalue weighted by Crippen LogP contribution is -2.64. The van der Waals surface area contributed by atoms with Gasteiger partial charge in [-0.3, -0.25) is 9.69 Å². The fourth-order valence-electron chi connectivity index (χ4n) is 5.05. The van der Waals surface area contributed by atoms with Gasteiger partial charge in [0.15, 0.2) is 23.7 Å². The van der Waals surface area contributed by atoms with E-state index in [1.807, 2.05) is 66.6 Å². The number of methoxy groups -OCH3 is 2. The van der Waals surface area contributed by atoms with Crippen LogP contribution < -0.4 is 9.47 Å². The van der Waals surface area contributed by atoms with Gasteiger partial charge in [-0.2, -0.15) is 0 Å². The van der Waals surface area contributed by atoms with Gasteiger partial charge in [0.25, 0.3) is 5.91 Å². The van der Waals surface area contributed by atoms with Crippen molar-refractivity contribution < 1.29 is 19.1 Å². The number of guanidine groups is 1. The van der Waals surface area contributed by atoms with Crippen LogP contribution in [0.2, 0.25) is 0 Å². The van der Waals surface area contributed by atoms with E-state index < -0.39 is 12.2 Å². The van der Waals surface area contributed by atoms with Crippen LogP contribution in [0.1, 0.15) is 18.1 Å². The molecule has 2 unspecified atom stereocenters. The van der Waals surface area contributed by atoms with Crippen molar-refractivity contribution in [3.05, 3.63) is 71.6 Å². The monoisotopic (exact) mass is 489 g/mol. The molecule has 0 N–H and O–H groups in total. The molecule has 3 heterocycles. The number of urea groups is 1.